The predicted molar refractivity (Wildman–Crippen MR) is 102 cm³/mol. The second kappa shape index (κ2) is 8.28. The van der Waals surface area contributed by atoms with Crippen molar-refractivity contribution < 1.29 is 9.72 Å². The minimum atomic E-state index is -0.519. The Morgan fingerprint density at radius 3 is 2.74 bits per heavy atom. The summed E-state index contributed by atoms with van der Waals surface area (Å²) in [6.45, 7) is 5.25. The Balaban J connectivity index is 0.00000261. The lowest BCUT2D eigenvalue weighted by Gasteiger charge is -2.33. The van der Waals surface area contributed by atoms with Crippen LogP contribution in [0, 0.1) is 17.0 Å². The highest BCUT2D eigenvalue weighted by Crippen LogP contribution is 2.22. The molecule has 0 radical (unpaired) electrons. The zero-order valence-electron chi connectivity index (χ0n) is 14.9. The highest BCUT2D eigenvalue weighted by Gasteiger charge is 2.28. The second-order valence-corrected chi connectivity index (χ2v) is 6.21. The van der Waals surface area contributed by atoms with Gasteiger partial charge in [-0.15, -0.1) is 12.4 Å². The van der Waals surface area contributed by atoms with Crippen LogP contribution >= 0.6 is 12.4 Å². The molecule has 3 rings (SSSR count). The summed E-state index contributed by atoms with van der Waals surface area (Å²) < 4.78 is 1.28. The van der Waals surface area contributed by atoms with Gasteiger partial charge < -0.3 is 10.2 Å². The van der Waals surface area contributed by atoms with Gasteiger partial charge in [0, 0.05) is 43.5 Å². The number of halogens is 1. The molecule has 27 heavy (non-hydrogen) atoms. The van der Waals surface area contributed by atoms with E-state index in [-0.39, 0.29) is 35.5 Å². The standard InChI is InChI=1S/C17H19N5O4.ClH/c1-11-9-15(23)16(17(24)20-8-7-18-10-12(20)2)19-21(11)13-5-3-4-6-14(13)22(25)26;/h3-6,9,12,18H,7-8,10H2,1-2H3;1H. The monoisotopic (exact) mass is 393 g/mol. The highest BCUT2D eigenvalue weighted by atomic mass is 35.5. The number of para-hydroxylation sites is 2. The summed E-state index contributed by atoms with van der Waals surface area (Å²) in [7, 11) is 0. The zero-order valence-corrected chi connectivity index (χ0v) is 15.7. The molecule has 1 saturated heterocycles. The van der Waals surface area contributed by atoms with E-state index >= 15 is 0 Å². The molecule has 1 N–H and O–H groups in total. The van der Waals surface area contributed by atoms with Crippen LogP contribution in [0.1, 0.15) is 23.1 Å². The summed E-state index contributed by atoms with van der Waals surface area (Å²) in [6.07, 6.45) is 0. The quantitative estimate of drug-likeness (QED) is 0.621. The number of aryl methyl sites for hydroxylation is 1. The van der Waals surface area contributed by atoms with Crippen LogP contribution in [0.2, 0.25) is 0 Å². The first-order valence-corrected chi connectivity index (χ1v) is 8.26. The molecular weight excluding hydrogens is 374 g/mol. The van der Waals surface area contributed by atoms with E-state index in [0.717, 1.165) is 0 Å². The third-order valence-corrected chi connectivity index (χ3v) is 4.38. The van der Waals surface area contributed by atoms with Gasteiger partial charge >= 0.3 is 0 Å². The Bertz CT molecular complexity index is 930. The van der Waals surface area contributed by atoms with Crippen LogP contribution in [-0.4, -0.2) is 51.2 Å². The molecule has 144 valence electrons. The SMILES string of the molecule is Cc1cc(=O)c(C(=O)N2CCNCC2C)nn1-c1ccccc1[N+](=O)[O-].Cl. The summed E-state index contributed by atoms with van der Waals surface area (Å²) in [5.74, 6) is -0.462. The van der Waals surface area contributed by atoms with Crippen molar-refractivity contribution >= 4 is 24.0 Å². The number of nitro benzene ring substituents is 1. The van der Waals surface area contributed by atoms with E-state index in [2.05, 4.69) is 10.4 Å². The van der Waals surface area contributed by atoms with Crippen molar-refractivity contribution in [1.29, 1.82) is 0 Å². The first-order valence-electron chi connectivity index (χ1n) is 8.26. The van der Waals surface area contributed by atoms with Crippen LogP contribution in [0.4, 0.5) is 5.69 Å². The van der Waals surface area contributed by atoms with Gasteiger partial charge in [0.15, 0.2) is 5.69 Å². The van der Waals surface area contributed by atoms with Crippen molar-refractivity contribution in [3.63, 3.8) is 0 Å². The lowest BCUT2D eigenvalue weighted by molar-refractivity contribution is -0.384. The topological polar surface area (TPSA) is 110 Å². The Kier molecular flexibility index (Phi) is 6.29. The number of nitrogens with one attached hydrogen (secondary N) is 1. The van der Waals surface area contributed by atoms with Gasteiger partial charge in [0.25, 0.3) is 11.6 Å². The smallest absolute Gasteiger partial charge is 0.294 e. The number of rotatable bonds is 3. The zero-order chi connectivity index (χ0) is 18.8. The average molecular weight is 394 g/mol. The van der Waals surface area contributed by atoms with Crippen molar-refractivity contribution in [3.05, 3.63) is 62.1 Å². The van der Waals surface area contributed by atoms with Crippen LogP contribution in [0.15, 0.2) is 35.1 Å². The number of piperazine rings is 1. The molecule has 1 fully saturated rings. The summed E-state index contributed by atoms with van der Waals surface area (Å²) in [5, 5.41) is 18.7. The summed E-state index contributed by atoms with van der Waals surface area (Å²) in [4.78, 5) is 37.6. The van der Waals surface area contributed by atoms with Crippen LogP contribution in [-0.2, 0) is 0 Å². The summed E-state index contributed by atoms with van der Waals surface area (Å²) in [5.41, 5.74) is -0.261. The van der Waals surface area contributed by atoms with Gasteiger partial charge in [-0.1, -0.05) is 12.1 Å². The number of carbonyl (C=O) groups is 1. The molecule has 10 heteroatoms. The lowest BCUT2D eigenvalue weighted by atomic mass is 10.2. The molecule has 2 heterocycles. The van der Waals surface area contributed by atoms with Crippen LogP contribution in [0.3, 0.4) is 0 Å². The molecule has 1 amide bonds. The van der Waals surface area contributed by atoms with Gasteiger partial charge in [-0.05, 0) is 19.9 Å². The predicted octanol–water partition coefficient (Wildman–Crippen LogP) is 1.30. The van der Waals surface area contributed by atoms with Gasteiger partial charge in [0.05, 0.1) is 4.92 Å². The Morgan fingerprint density at radius 1 is 1.37 bits per heavy atom. The van der Waals surface area contributed by atoms with Crippen LogP contribution in [0.25, 0.3) is 5.69 Å². The maximum Gasteiger partial charge on any atom is 0.294 e. The number of nitro groups is 1. The Morgan fingerprint density at radius 2 is 2.07 bits per heavy atom. The van der Waals surface area contributed by atoms with Gasteiger partial charge in [0.2, 0.25) is 5.43 Å². The molecule has 1 aromatic carbocycles. The molecule has 0 spiro atoms. The van der Waals surface area contributed by atoms with E-state index in [0.29, 0.717) is 25.3 Å². The molecule has 1 aliphatic rings. The van der Waals surface area contributed by atoms with Crippen LogP contribution in [0.5, 0.6) is 0 Å². The van der Waals surface area contributed by atoms with E-state index in [4.69, 9.17) is 0 Å². The minimum absolute atomic E-state index is 0. The van der Waals surface area contributed by atoms with Crippen molar-refractivity contribution in [2.45, 2.75) is 19.9 Å². The summed E-state index contributed by atoms with van der Waals surface area (Å²) in [6, 6.07) is 7.29. The number of benzene rings is 1. The molecular formula is C17H20ClN5O4. The first kappa shape index (κ1) is 20.5. The van der Waals surface area contributed by atoms with E-state index in [9.17, 15) is 19.7 Å². The van der Waals surface area contributed by atoms with E-state index in [1.807, 2.05) is 6.92 Å². The minimum Gasteiger partial charge on any atom is -0.332 e. The van der Waals surface area contributed by atoms with Crippen molar-refractivity contribution in [1.82, 2.24) is 20.0 Å². The second-order valence-electron chi connectivity index (χ2n) is 6.21. The largest absolute Gasteiger partial charge is 0.332 e. The van der Waals surface area contributed by atoms with Gasteiger partial charge in [-0.2, -0.15) is 5.10 Å². The molecule has 2 aromatic rings. The molecule has 1 aliphatic heterocycles. The lowest BCUT2D eigenvalue weighted by Crippen LogP contribution is -2.53. The van der Waals surface area contributed by atoms with Crippen molar-refractivity contribution in [2.24, 2.45) is 0 Å². The molecule has 0 bridgehead atoms. The average Bonchev–Trinajstić information content (AvgIpc) is 2.62. The summed E-state index contributed by atoms with van der Waals surface area (Å²) >= 11 is 0. The fraction of sp³-hybridized carbons (Fsp3) is 0.353. The van der Waals surface area contributed by atoms with Gasteiger partial charge in [0.1, 0.15) is 5.69 Å². The number of hydrogen-bond donors (Lipinski definition) is 1. The van der Waals surface area contributed by atoms with Crippen molar-refractivity contribution in [3.8, 4) is 5.69 Å². The number of nitrogens with zero attached hydrogens (tertiary/aromatic N) is 4. The highest BCUT2D eigenvalue weighted by molar-refractivity contribution is 5.92. The van der Waals surface area contributed by atoms with E-state index in [1.165, 1.54) is 22.9 Å². The molecule has 1 atom stereocenters. The number of carbonyl (C=O) groups excluding carboxylic acids is 1. The first-order chi connectivity index (χ1) is 12.4. The van der Waals surface area contributed by atoms with Crippen molar-refractivity contribution in [2.75, 3.05) is 19.6 Å². The van der Waals surface area contributed by atoms with Crippen LogP contribution < -0.4 is 10.7 Å². The molecule has 9 nitrogen and oxygen atoms in total. The van der Waals surface area contributed by atoms with Gasteiger partial charge in [-0.25, -0.2) is 4.68 Å². The normalized spacial score (nSPS) is 16.5. The van der Waals surface area contributed by atoms with E-state index < -0.39 is 16.3 Å². The van der Waals surface area contributed by atoms with E-state index in [1.54, 1.807) is 24.0 Å². The maximum atomic E-state index is 12.8. The molecule has 0 aliphatic carbocycles. The Labute approximate surface area is 161 Å². The van der Waals surface area contributed by atoms with Gasteiger partial charge in [-0.3, -0.25) is 19.7 Å². The number of amides is 1. The molecule has 1 aromatic heterocycles. The Hall–Kier alpha value is -2.78. The third-order valence-electron chi connectivity index (χ3n) is 4.38. The number of aromatic nitrogens is 2. The fourth-order valence-electron chi connectivity index (χ4n) is 3.02. The third kappa shape index (κ3) is 3.99. The molecule has 1 unspecified atom stereocenters. The molecule has 0 saturated carbocycles. The fourth-order valence-corrected chi connectivity index (χ4v) is 3.02. The maximum absolute atomic E-state index is 12.8. The number of hydrogen-bond acceptors (Lipinski definition) is 6.